The predicted molar refractivity (Wildman–Crippen MR) is 122 cm³/mol. The quantitative estimate of drug-likeness (QED) is 0.641. The number of rotatable bonds is 7. The van der Waals surface area contributed by atoms with E-state index >= 15 is 0 Å². The maximum absolute atomic E-state index is 11.8. The molecule has 0 radical (unpaired) electrons. The number of hydrogen-bond donors (Lipinski definition) is 1. The van der Waals surface area contributed by atoms with Gasteiger partial charge in [0.1, 0.15) is 11.6 Å². The number of nitrogens with zero attached hydrogens (tertiary/aromatic N) is 4. The summed E-state index contributed by atoms with van der Waals surface area (Å²) in [6.07, 6.45) is 1.61. The van der Waals surface area contributed by atoms with E-state index < -0.39 is 0 Å². The number of carbonyl (C=O) groups is 1. The molecule has 31 heavy (non-hydrogen) atoms. The van der Waals surface area contributed by atoms with Crippen LogP contribution in [0, 0.1) is 5.92 Å². The summed E-state index contributed by atoms with van der Waals surface area (Å²) < 4.78 is 2.24. The van der Waals surface area contributed by atoms with Crippen LogP contribution in [0.5, 0.6) is 0 Å². The minimum absolute atomic E-state index is 0.00540. The molecular weight excluding hydrogens is 386 g/mol. The summed E-state index contributed by atoms with van der Waals surface area (Å²) in [4.78, 5) is 14.3. The van der Waals surface area contributed by atoms with Gasteiger partial charge in [0.25, 0.3) is 0 Å². The fourth-order valence-electron chi connectivity index (χ4n) is 3.96. The third-order valence-corrected chi connectivity index (χ3v) is 5.83. The number of fused-ring (bicyclic) bond motifs is 1. The van der Waals surface area contributed by atoms with Crippen molar-refractivity contribution in [1.29, 1.82) is 0 Å². The summed E-state index contributed by atoms with van der Waals surface area (Å²) in [7, 11) is 0. The first-order chi connectivity index (χ1) is 15.1. The van der Waals surface area contributed by atoms with Crippen LogP contribution in [0.15, 0.2) is 54.6 Å². The van der Waals surface area contributed by atoms with Crippen LogP contribution in [0.25, 0.3) is 11.1 Å². The standard InChI is InChI=1S/C25H31N5O/c1-19(2)25(31)26-14-12-23-27-28-24-13-15-29(16-17-30(23)24)18-20-8-10-22(11-9-20)21-6-4-3-5-7-21/h3-11,19H,12-18H2,1-2H3,(H,26,31). The van der Waals surface area contributed by atoms with Crippen LogP contribution in [-0.4, -0.2) is 45.2 Å². The van der Waals surface area contributed by atoms with Crippen LogP contribution in [0.3, 0.4) is 0 Å². The van der Waals surface area contributed by atoms with Gasteiger partial charge >= 0.3 is 0 Å². The van der Waals surface area contributed by atoms with E-state index in [4.69, 9.17) is 0 Å². The van der Waals surface area contributed by atoms with Gasteiger partial charge in [-0.2, -0.15) is 0 Å². The molecule has 0 saturated heterocycles. The first-order valence-electron chi connectivity index (χ1n) is 11.2. The molecular formula is C25H31N5O. The van der Waals surface area contributed by atoms with E-state index in [2.05, 4.69) is 73.5 Å². The Morgan fingerprint density at radius 2 is 1.71 bits per heavy atom. The molecule has 1 N–H and O–H groups in total. The van der Waals surface area contributed by atoms with Gasteiger partial charge in [-0.05, 0) is 16.7 Å². The lowest BCUT2D eigenvalue weighted by Crippen LogP contribution is -2.30. The molecule has 6 heteroatoms. The topological polar surface area (TPSA) is 63.1 Å². The molecule has 1 aromatic heterocycles. The second-order valence-electron chi connectivity index (χ2n) is 8.47. The Balaban J connectivity index is 1.32. The number of benzene rings is 2. The van der Waals surface area contributed by atoms with Gasteiger partial charge in [0, 0.05) is 51.5 Å². The number of amides is 1. The van der Waals surface area contributed by atoms with Gasteiger partial charge in [0.15, 0.2) is 0 Å². The van der Waals surface area contributed by atoms with Crippen LogP contribution < -0.4 is 5.32 Å². The van der Waals surface area contributed by atoms with E-state index in [0.29, 0.717) is 13.0 Å². The SMILES string of the molecule is CC(C)C(=O)NCCc1nnc2n1CCN(Cc1ccc(-c3ccccc3)cc1)CC2. The smallest absolute Gasteiger partial charge is 0.222 e. The summed E-state index contributed by atoms with van der Waals surface area (Å²) in [5.74, 6) is 2.10. The number of nitrogens with one attached hydrogen (secondary N) is 1. The molecule has 6 nitrogen and oxygen atoms in total. The van der Waals surface area contributed by atoms with Crippen molar-refractivity contribution in [1.82, 2.24) is 25.0 Å². The molecule has 4 rings (SSSR count). The van der Waals surface area contributed by atoms with Crippen LogP contribution in [-0.2, 0) is 30.7 Å². The molecule has 0 aliphatic carbocycles. The summed E-state index contributed by atoms with van der Waals surface area (Å²) in [6, 6.07) is 19.4. The van der Waals surface area contributed by atoms with E-state index in [-0.39, 0.29) is 11.8 Å². The Bertz CT molecular complexity index is 995. The molecule has 0 spiro atoms. The Morgan fingerprint density at radius 1 is 0.968 bits per heavy atom. The first kappa shape index (κ1) is 21.2. The van der Waals surface area contributed by atoms with Gasteiger partial charge in [-0.3, -0.25) is 9.69 Å². The van der Waals surface area contributed by atoms with E-state index in [0.717, 1.165) is 44.2 Å². The molecule has 162 valence electrons. The number of aromatic nitrogens is 3. The van der Waals surface area contributed by atoms with Crippen LogP contribution >= 0.6 is 0 Å². The first-order valence-corrected chi connectivity index (χ1v) is 11.2. The monoisotopic (exact) mass is 417 g/mol. The summed E-state index contributed by atoms with van der Waals surface area (Å²) in [5.41, 5.74) is 3.83. The zero-order valence-corrected chi connectivity index (χ0v) is 18.4. The van der Waals surface area contributed by atoms with E-state index in [1.54, 1.807) is 0 Å². The maximum atomic E-state index is 11.8. The van der Waals surface area contributed by atoms with Crippen molar-refractivity contribution in [3.05, 3.63) is 71.8 Å². The van der Waals surface area contributed by atoms with Crippen molar-refractivity contribution in [2.75, 3.05) is 19.6 Å². The van der Waals surface area contributed by atoms with Gasteiger partial charge in [-0.1, -0.05) is 68.4 Å². The molecule has 1 amide bonds. The Kier molecular flexibility index (Phi) is 6.77. The fourth-order valence-corrected chi connectivity index (χ4v) is 3.96. The molecule has 2 aromatic carbocycles. The van der Waals surface area contributed by atoms with Gasteiger partial charge in [-0.25, -0.2) is 0 Å². The predicted octanol–water partition coefficient (Wildman–Crippen LogP) is 3.32. The number of hydrogen-bond acceptors (Lipinski definition) is 4. The molecule has 0 fully saturated rings. The van der Waals surface area contributed by atoms with Crippen molar-refractivity contribution < 1.29 is 4.79 Å². The molecule has 0 bridgehead atoms. The highest BCUT2D eigenvalue weighted by Gasteiger charge is 2.19. The van der Waals surface area contributed by atoms with Crippen LogP contribution in [0.4, 0.5) is 0 Å². The third-order valence-electron chi connectivity index (χ3n) is 5.83. The molecule has 0 saturated carbocycles. The lowest BCUT2D eigenvalue weighted by atomic mass is 10.0. The third kappa shape index (κ3) is 5.39. The molecule has 3 aromatic rings. The maximum Gasteiger partial charge on any atom is 0.222 e. The van der Waals surface area contributed by atoms with Crippen LogP contribution in [0.1, 0.15) is 31.1 Å². The van der Waals surface area contributed by atoms with Crippen molar-refractivity contribution in [2.45, 2.75) is 39.8 Å². The normalized spacial score (nSPS) is 14.3. The Labute approximate surface area is 184 Å². The van der Waals surface area contributed by atoms with E-state index in [9.17, 15) is 4.79 Å². The van der Waals surface area contributed by atoms with Gasteiger partial charge in [0.2, 0.25) is 5.91 Å². The van der Waals surface area contributed by atoms with E-state index in [1.165, 1.54) is 16.7 Å². The minimum atomic E-state index is 0.00540. The van der Waals surface area contributed by atoms with Gasteiger partial charge in [-0.15, -0.1) is 10.2 Å². The van der Waals surface area contributed by atoms with E-state index in [1.807, 2.05) is 19.9 Å². The van der Waals surface area contributed by atoms with Crippen molar-refractivity contribution in [3.8, 4) is 11.1 Å². The van der Waals surface area contributed by atoms with Gasteiger partial charge < -0.3 is 9.88 Å². The highest BCUT2D eigenvalue weighted by atomic mass is 16.1. The lowest BCUT2D eigenvalue weighted by Gasteiger charge is -2.20. The Hall–Kier alpha value is -2.99. The molecule has 2 heterocycles. The largest absolute Gasteiger partial charge is 0.355 e. The lowest BCUT2D eigenvalue weighted by molar-refractivity contribution is -0.123. The summed E-state index contributed by atoms with van der Waals surface area (Å²) in [5, 5.41) is 11.8. The fraction of sp³-hybridized carbons (Fsp3) is 0.400. The number of carbonyl (C=O) groups excluding carboxylic acids is 1. The zero-order chi connectivity index (χ0) is 21.6. The molecule has 1 aliphatic rings. The minimum Gasteiger partial charge on any atom is -0.355 e. The summed E-state index contributed by atoms with van der Waals surface area (Å²) >= 11 is 0. The van der Waals surface area contributed by atoms with Crippen LogP contribution in [0.2, 0.25) is 0 Å². The highest BCUT2D eigenvalue weighted by Crippen LogP contribution is 2.20. The van der Waals surface area contributed by atoms with Gasteiger partial charge in [0.05, 0.1) is 0 Å². The molecule has 0 unspecified atom stereocenters. The summed E-state index contributed by atoms with van der Waals surface area (Å²) in [6.45, 7) is 8.18. The highest BCUT2D eigenvalue weighted by molar-refractivity contribution is 5.77. The average molecular weight is 418 g/mol. The second-order valence-corrected chi connectivity index (χ2v) is 8.47. The van der Waals surface area contributed by atoms with Crippen molar-refractivity contribution >= 4 is 5.91 Å². The second kappa shape index (κ2) is 9.88. The molecule has 1 aliphatic heterocycles. The van der Waals surface area contributed by atoms with Crippen molar-refractivity contribution in [2.24, 2.45) is 5.92 Å². The zero-order valence-electron chi connectivity index (χ0n) is 18.4. The molecule has 0 atom stereocenters. The van der Waals surface area contributed by atoms with Crippen molar-refractivity contribution in [3.63, 3.8) is 0 Å². The average Bonchev–Trinajstić information content (AvgIpc) is 3.06. The Morgan fingerprint density at radius 3 is 2.45 bits per heavy atom.